The third kappa shape index (κ3) is 2.00. The fraction of sp³-hybridized carbons (Fsp3) is 1.00. The molecule has 0 radical (unpaired) electrons. The molecule has 1 aliphatic heterocycles. The first-order valence-electron chi connectivity index (χ1n) is 4.27. The van der Waals surface area contributed by atoms with Crippen LogP contribution < -0.4 is 0 Å². The van der Waals surface area contributed by atoms with Gasteiger partial charge in [-0.3, -0.25) is 0 Å². The Morgan fingerprint density at radius 1 is 1.31 bits per heavy atom. The third-order valence-electron chi connectivity index (χ3n) is 2.48. The summed E-state index contributed by atoms with van der Waals surface area (Å²) in [4.78, 5) is 0. The molecule has 0 aromatic rings. The summed E-state index contributed by atoms with van der Waals surface area (Å²) in [5, 5.41) is 27.9. The van der Waals surface area contributed by atoms with Gasteiger partial charge in [0.2, 0.25) is 0 Å². The van der Waals surface area contributed by atoms with Crippen molar-refractivity contribution in [2.75, 3.05) is 13.7 Å². The quantitative estimate of drug-likeness (QED) is 0.507. The van der Waals surface area contributed by atoms with Crippen molar-refractivity contribution in [3.05, 3.63) is 0 Å². The summed E-state index contributed by atoms with van der Waals surface area (Å²) >= 11 is 0. The van der Waals surface area contributed by atoms with E-state index in [2.05, 4.69) is 0 Å². The van der Waals surface area contributed by atoms with E-state index in [0.717, 1.165) is 0 Å². The maximum atomic E-state index is 9.53. The van der Waals surface area contributed by atoms with Crippen molar-refractivity contribution >= 4 is 0 Å². The molecule has 5 atom stereocenters. The topological polar surface area (TPSA) is 79.2 Å². The summed E-state index contributed by atoms with van der Waals surface area (Å²) < 4.78 is 10.0. The van der Waals surface area contributed by atoms with E-state index in [1.54, 1.807) is 6.92 Å². The minimum Gasteiger partial charge on any atom is -0.394 e. The summed E-state index contributed by atoms with van der Waals surface area (Å²) in [5.74, 6) is -0.300. The average molecular weight is 192 g/mol. The van der Waals surface area contributed by atoms with Crippen LogP contribution in [-0.4, -0.2) is 53.6 Å². The molecule has 0 amide bonds. The molecule has 1 fully saturated rings. The van der Waals surface area contributed by atoms with Gasteiger partial charge in [0.05, 0.1) is 18.8 Å². The lowest BCUT2D eigenvalue weighted by atomic mass is 9.91. The molecule has 5 nitrogen and oxygen atoms in total. The highest BCUT2D eigenvalue weighted by atomic mass is 16.7. The van der Waals surface area contributed by atoms with Gasteiger partial charge in [-0.1, -0.05) is 6.92 Å². The van der Waals surface area contributed by atoms with Crippen LogP contribution in [0.2, 0.25) is 0 Å². The Morgan fingerprint density at radius 2 is 1.92 bits per heavy atom. The van der Waals surface area contributed by atoms with E-state index >= 15 is 0 Å². The Morgan fingerprint density at radius 3 is 2.38 bits per heavy atom. The van der Waals surface area contributed by atoms with Crippen LogP contribution in [0.5, 0.6) is 0 Å². The monoisotopic (exact) mass is 192 g/mol. The van der Waals surface area contributed by atoms with Crippen molar-refractivity contribution in [1.29, 1.82) is 0 Å². The van der Waals surface area contributed by atoms with Crippen LogP contribution in [0, 0.1) is 5.92 Å². The summed E-state index contributed by atoms with van der Waals surface area (Å²) in [6, 6.07) is 0. The first-order chi connectivity index (χ1) is 6.11. The summed E-state index contributed by atoms with van der Waals surface area (Å²) in [7, 11) is 1.38. The van der Waals surface area contributed by atoms with Crippen molar-refractivity contribution in [3.63, 3.8) is 0 Å². The number of hydrogen-bond acceptors (Lipinski definition) is 5. The lowest BCUT2D eigenvalue weighted by molar-refractivity contribution is -0.280. The van der Waals surface area contributed by atoms with Gasteiger partial charge in [0.25, 0.3) is 0 Å². The highest BCUT2D eigenvalue weighted by Gasteiger charge is 2.41. The zero-order chi connectivity index (χ0) is 10.0. The van der Waals surface area contributed by atoms with Crippen LogP contribution in [0.3, 0.4) is 0 Å². The van der Waals surface area contributed by atoms with Crippen LogP contribution in [0.15, 0.2) is 0 Å². The van der Waals surface area contributed by atoms with Crippen LogP contribution in [-0.2, 0) is 9.47 Å². The predicted molar refractivity (Wildman–Crippen MR) is 43.9 cm³/mol. The molecule has 0 saturated carbocycles. The second-order valence-electron chi connectivity index (χ2n) is 3.30. The molecule has 0 spiro atoms. The van der Waals surface area contributed by atoms with E-state index < -0.39 is 24.6 Å². The SMILES string of the molecule is CO[C@H]1OC(CO)C(C)C(O)C1O. The molecular formula is C8H16O5. The van der Waals surface area contributed by atoms with Crippen molar-refractivity contribution in [1.82, 2.24) is 0 Å². The van der Waals surface area contributed by atoms with Crippen LogP contribution in [0.25, 0.3) is 0 Å². The van der Waals surface area contributed by atoms with Crippen LogP contribution in [0.1, 0.15) is 6.92 Å². The van der Waals surface area contributed by atoms with Crippen molar-refractivity contribution < 1.29 is 24.8 Å². The summed E-state index contributed by atoms with van der Waals surface area (Å²) in [5.41, 5.74) is 0. The van der Waals surface area contributed by atoms with Crippen molar-refractivity contribution in [2.24, 2.45) is 5.92 Å². The maximum absolute atomic E-state index is 9.53. The lowest BCUT2D eigenvalue weighted by Gasteiger charge is -2.40. The fourth-order valence-electron chi connectivity index (χ4n) is 1.47. The number of ether oxygens (including phenoxy) is 2. The molecule has 0 aliphatic carbocycles. The van der Waals surface area contributed by atoms with Gasteiger partial charge < -0.3 is 24.8 Å². The van der Waals surface area contributed by atoms with E-state index in [1.165, 1.54) is 7.11 Å². The molecular weight excluding hydrogens is 176 g/mol. The standard InChI is InChI=1S/C8H16O5/c1-4-5(3-9)13-8(12-2)7(11)6(4)10/h4-11H,3H2,1-2H3/t4?,5?,6?,7?,8-/m0/s1. The molecule has 13 heavy (non-hydrogen) atoms. The molecule has 4 unspecified atom stereocenters. The molecule has 3 N–H and O–H groups in total. The Hall–Kier alpha value is -0.200. The van der Waals surface area contributed by atoms with Gasteiger partial charge in [-0.25, -0.2) is 0 Å². The number of aliphatic hydroxyl groups excluding tert-OH is 3. The van der Waals surface area contributed by atoms with Crippen molar-refractivity contribution in [2.45, 2.75) is 31.5 Å². The summed E-state index contributed by atoms with van der Waals surface area (Å²) in [6.07, 6.45) is -3.31. The molecule has 1 saturated heterocycles. The number of aliphatic hydroxyl groups is 3. The van der Waals surface area contributed by atoms with Crippen LogP contribution >= 0.6 is 0 Å². The Balaban J connectivity index is 2.66. The van der Waals surface area contributed by atoms with E-state index in [0.29, 0.717) is 0 Å². The largest absolute Gasteiger partial charge is 0.394 e. The van der Waals surface area contributed by atoms with Crippen LogP contribution in [0.4, 0.5) is 0 Å². The van der Waals surface area contributed by atoms with E-state index in [4.69, 9.17) is 14.6 Å². The first-order valence-corrected chi connectivity index (χ1v) is 4.27. The van der Waals surface area contributed by atoms with Gasteiger partial charge in [-0.15, -0.1) is 0 Å². The summed E-state index contributed by atoms with van der Waals surface area (Å²) in [6.45, 7) is 1.52. The molecule has 0 aromatic carbocycles. The normalized spacial score (nSPS) is 46.4. The second-order valence-corrected chi connectivity index (χ2v) is 3.30. The third-order valence-corrected chi connectivity index (χ3v) is 2.48. The Kier molecular flexibility index (Phi) is 3.63. The molecule has 0 bridgehead atoms. The molecule has 0 aromatic heterocycles. The Bertz CT molecular complexity index is 143. The van der Waals surface area contributed by atoms with Gasteiger partial charge in [0.15, 0.2) is 6.29 Å². The van der Waals surface area contributed by atoms with Gasteiger partial charge in [-0.2, -0.15) is 0 Å². The number of methoxy groups -OCH3 is 1. The maximum Gasteiger partial charge on any atom is 0.186 e. The highest BCUT2D eigenvalue weighted by Crippen LogP contribution is 2.25. The average Bonchev–Trinajstić information content (AvgIpc) is 2.15. The van der Waals surface area contributed by atoms with Gasteiger partial charge >= 0.3 is 0 Å². The minimum atomic E-state index is -1.05. The zero-order valence-electron chi connectivity index (χ0n) is 7.75. The lowest BCUT2D eigenvalue weighted by Crippen LogP contribution is -2.55. The smallest absolute Gasteiger partial charge is 0.186 e. The van der Waals surface area contributed by atoms with Gasteiger partial charge in [-0.05, 0) is 0 Å². The molecule has 5 heteroatoms. The van der Waals surface area contributed by atoms with Gasteiger partial charge in [0, 0.05) is 13.0 Å². The molecule has 1 rings (SSSR count). The van der Waals surface area contributed by atoms with E-state index in [1.807, 2.05) is 0 Å². The fourth-order valence-corrected chi connectivity index (χ4v) is 1.47. The van der Waals surface area contributed by atoms with E-state index in [-0.39, 0.29) is 12.5 Å². The zero-order valence-corrected chi connectivity index (χ0v) is 7.75. The first kappa shape index (κ1) is 10.9. The number of rotatable bonds is 2. The number of hydrogen-bond donors (Lipinski definition) is 3. The van der Waals surface area contributed by atoms with Crippen molar-refractivity contribution in [3.8, 4) is 0 Å². The van der Waals surface area contributed by atoms with E-state index in [9.17, 15) is 10.2 Å². The minimum absolute atomic E-state index is 0.190. The highest BCUT2D eigenvalue weighted by molar-refractivity contribution is 4.86. The Labute approximate surface area is 76.9 Å². The molecule has 1 heterocycles. The predicted octanol–water partition coefficient (Wildman–Crippen LogP) is -1.29. The van der Waals surface area contributed by atoms with Gasteiger partial charge in [0.1, 0.15) is 6.10 Å². The molecule has 1 aliphatic rings. The molecule has 78 valence electrons. The second kappa shape index (κ2) is 4.34.